The molecule has 1 saturated carbocycles. The second-order valence-corrected chi connectivity index (χ2v) is 9.17. The van der Waals surface area contributed by atoms with E-state index in [-0.39, 0.29) is 42.1 Å². The predicted molar refractivity (Wildman–Crippen MR) is 117 cm³/mol. The average Bonchev–Trinajstić information content (AvgIpc) is 3.56. The lowest BCUT2D eigenvalue weighted by Gasteiger charge is -2.36. The van der Waals surface area contributed by atoms with Crippen LogP contribution in [-0.4, -0.2) is 72.1 Å². The fourth-order valence-electron chi connectivity index (χ4n) is 3.80. The molecule has 2 unspecified atom stereocenters. The van der Waals surface area contributed by atoms with E-state index in [0.717, 1.165) is 25.9 Å². The van der Waals surface area contributed by atoms with E-state index in [0.29, 0.717) is 24.9 Å². The van der Waals surface area contributed by atoms with Gasteiger partial charge in [0.2, 0.25) is 17.7 Å². The highest BCUT2D eigenvalue weighted by Gasteiger charge is 2.30. The molecule has 1 aromatic rings. The van der Waals surface area contributed by atoms with Crippen molar-refractivity contribution in [2.24, 2.45) is 0 Å². The molecular formula is C21H29N5O3S. The molecule has 1 aliphatic carbocycles. The Hall–Kier alpha value is -2.26. The summed E-state index contributed by atoms with van der Waals surface area (Å²) >= 11 is 1.38. The third-order valence-corrected chi connectivity index (χ3v) is 6.61. The van der Waals surface area contributed by atoms with E-state index < -0.39 is 0 Å². The van der Waals surface area contributed by atoms with Crippen LogP contribution >= 0.6 is 11.8 Å². The molecule has 162 valence electrons. The zero-order chi connectivity index (χ0) is 20.9. The second kappa shape index (κ2) is 9.70. The fraction of sp³-hybridized carbons (Fsp3) is 0.571. The first-order valence-electron chi connectivity index (χ1n) is 10.6. The number of carbonyl (C=O) groups is 3. The molecule has 3 aliphatic rings. The van der Waals surface area contributed by atoms with Gasteiger partial charge in [-0.25, -0.2) is 0 Å². The van der Waals surface area contributed by atoms with Gasteiger partial charge in [-0.2, -0.15) is 0 Å². The minimum absolute atomic E-state index is 0.0131. The van der Waals surface area contributed by atoms with Gasteiger partial charge in [0, 0.05) is 56.8 Å². The van der Waals surface area contributed by atoms with Crippen LogP contribution < -0.4 is 20.9 Å². The Kier molecular flexibility index (Phi) is 6.79. The Bertz CT molecular complexity index is 765. The number of amides is 3. The molecule has 3 N–H and O–H groups in total. The lowest BCUT2D eigenvalue weighted by Crippen LogP contribution is -2.56. The number of nitrogens with one attached hydrogen (secondary N) is 3. The number of thioether (sulfide) groups is 1. The number of para-hydroxylation sites is 1. The van der Waals surface area contributed by atoms with Crippen LogP contribution in [0.4, 0.5) is 5.69 Å². The number of carbonyl (C=O) groups excluding carboxylic acids is 3. The summed E-state index contributed by atoms with van der Waals surface area (Å²) in [4.78, 5) is 40.9. The van der Waals surface area contributed by atoms with Crippen molar-refractivity contribution in [3.05, 3.63) is 30.3 Å². The van der Waals surface area contributed by atoms with Gasteiger partial charge in [0.05, 0.1) is 5.75 Å². The summed E-state index contributed by atoms with van der Waals surface area (Å²) in [7, 11) is 0. The summed E-state index contributed by atoms with van der Waals surface area (Å²) < 4.78 is 0. The standard InChI is InChI=1S/C21H29N5O3S/c27-18(22-15-6-7-15)12-16-13-19(28)24-21(23-16)30-14-20(29)26-10-8-25(9-11-26)17-4-2-1-3-5-17/h1-5,15-16,21,23H,6-14H2,(H,22,27)(H,24,28). The average molecular weight is 432 g/mol. The Morgan fingerprint density at radius 1 is 1.10 bits per heavy atom. The quantitative estimate of drug-likeness (QED) is 0.582. The topological polar surface area (TPSA) is 93.8 Å². The molecule has 9 heteroatoms. The Morgan fingerprint density at radius 3 is 2.53 bits per heavy atom. The SMILES string of the molecule is O=C(CC1CC(=O)NC(SCC(=O)N2CCN(c3ccccc3)CC2)N1)NC1CC1. The van der Waals surface area contributed by atoms with E-state index in [9.17, 15) is 14.4 Å². The van der Waals surface area contributed by atoms with E-state index in [4.69, 9.17) is 0 Å². The van der Waals surface area contributed by atoms with Gasteiger partial charge in [-0.15, -0.1) is 11.8 Å². The summed E-state index contributed by atoms with van der Waals surface area (Å²) in [6.07, 6.45) is 2.66. The van der Waals surface area contributed by atoms with E-state index in [1.807, 2.05) is 23.1 Å². The molecule has 0 bridgehead atoms. The highest BCUT2D eigenvalue weighted by atomic mass is 32.2. The van der Waals surface area contributed by atoms with Crippen molar-refractivity contribution < 1.29 is 14.4 Å². The molecular weight excluding hydrogens is 402 g/mol. The lowest BCUT2D eigenvalue weighted by molar-refractivity contribution is -0.129. The van der Waals surface area contributed by atoms with Crippen molar-refractivity contribution >= 4 is 35.2 Å². The number of benzene rings is 1. The molecule has 2 aliphatic heterocycles. The zero-order valence-electron chi connectivity index (χ0n) is 17.0. The first kappa shape index (κ1) is 21.0. The molecule has 3 amide bonds. The van der Waals surface area contributed by atoms with Crippen LogP contribution in [0.2, 0.25) is 0 Å². The van der Waals surface area contributed by atoms with Crippen LogP contribution in [0, 0.1) is 0 Å². The molecule has 0 aromatic heterocycles. The summed E-state index contributed by atoms with van der Waals surface area (Å²) in [5.74, 6) is 0.280. The molecule has 8 nitrogen and oxygen atoms in total. The maximum absolute atomic E-state index is 12.6. The molecule has 30 heavy (non-hydrogen) atoms. The van der Waals surface area contributed by atoms with Gasteiger partial charge in [-0.1, -0.05) is 18.2 Å². The highest BCUT2D eigenvalue weighted by molar-refractivity contribution is 8.00. The Morgan fingerprint density at radius 2 is 1.83 bits per heavy atom. The monoisotopic (exact) mass is 431 g/mol. The maximum Gasteiger partial charge on any atom is 0.232 e. The number of hydrogen-bond donors (Lipinski definition) is 3. The summed E-state index contributed by atoms with van der Waals surface area (Å²) in [5.41, 5.74) is 0.837. The van der Waals surface area contributed by atoms with E-state index >= 15 is 0 Å². The smallest absolute Gasteiger partial charge is 0.232 e. The van der Waals surface area contributed by atoms with Crippen LogP contribution in [0.15, 0.2) is 30.3 Å². The van der Waals surface area contributed by atoms with Crippen LogP contribution in [0.25, 0.3) is 0 Å². The minimum atomic E-state index is -0.348. The number of rotatable bonds is 7. The van der Waals surface area contributed by atoms with Gasteiger partial charge >= 0.3 is 0 Å². The molecule has 2 atom stereocenters. The van der Waals surface area contributed by atoms with E-state index in [1.54, 1.807) is 0 Å². The number of anilines is 1. The number of piperazine rings is 1. The van der Waals surface area contributed by atoms with Crippen LogP contribution in [-0.2, 0) is 14.4 Å². The van der Waals surface area contributed by atoms with Crippen molar-refractivity contribution in [1.82, 2.24) is 20.9 Å². The van der Waals surface area contributed by atoms with Crippen molar-refractivity contribution in [3.8, 4) is 0 Å². The van der Waals surface area contributed by atoms with Crippen molar-refractivity contribution in [2.75, 3.05) is 36.8 Å². The molecule has 4 rings (SSSR count). The van der Waals surface area contributed by atoms with Gasteiger partial charge in [0.1, 0.15) is 5.50 Å². The molecule has 1 aromatic carbocycles. The first-order chi connectivity index (χ1) is 14.6. The second-order valence-electron chi connectivity index (χ2n) is 8.08. The number of hydrogen-bond acceptors (Lipinski definition) is 6. The molecule has 2 heterocycles. The third-order valence-electron chi connectivity index (χ3n) is 5.61. The minimum Gasteiger partial charge on any atom is -0.368 e. The Balaban J connectivity index is 1.19. The first-order valence-corrected chi connectivity index (χ1v) is 11.7. The van der Waals surface area contributed by atoms with Gasteiger partial charge in [-0.3, -0.25) is 19.7 Å². The van der Waals surface area contributed by atoms with Gasteiger partial charge < -0.3 is 20.4 Å². The largest absolute Gasteiger partial charge is 0.368 e. The highest BCUT2D eigenvalue weighted by Crippen LogP contribution is 2.20. The van der Waals surface area contributed by atoms with E-state index in [2.05, 4.69) is 33.0 Å². The van der Waals surface area contributed by atoms with Crippen molar-refractivity contribution in [3.63, 3.8) is 0 Å². The third kappa shape index (κ3) is 5.89. The van der Waals surface area contributed by atoms with Crippen molar-refractivity contribution in [2.45, 2.75) is 43.3 Å². The van der Waals surface area contributed by atoms with Crippen LogP contribution in [0.5, 0.6) is 0 Å². The predicted octanol–water partition coefficient (Wildman–Crippen LogP) is 0.499. The normalized spacial score (nSPS) is 24.3. The van der Waals surface area contributed by atoms with E-state index in [1.165, 1.54) is 17.4 Å². The molecule has 2 saturated heterocycles. The summed E-state index contributed by atoms with van der Waals surface area (Å²) in [5, 5.41) is 9.11. The lowest BCUT2D eigenvalue weighted by atomic mass is 10.1. The zero-order valence-corrected chi connectivity index (χ0v) is 17.8. The molecule has 0 spiro atoms. The van der Waals surface area contributed by atoms with Crippen LogP contribution in [0.3, 0.4) is 0 Å². The Labute approximate surface area is 181 Å². The number of nitrogens with zero attached hydrogens (tertiary/aromatic N) is 2. The maximum atomic E-state index is 12.6. The molecule has 3 fully saturated rings. The van der Waals surface area contributed by atoms with Crippen LogP contribution in [0.1, 0.15) is 25.7 Å². The molecule has 0 radical (unpaired) electrons. The summed E-state index contributed by atoms with van der Waals surface area (Å²) in [6.45, 7) is 3.03. The van der Waals surface area contributed by atoms with Gasteiger partial charge in [-0.05, 0) is 25.0 Å². The van der Waals surface area contributed by atoms with Crippen molar-refractivity contribution in [1.29, 1.82) is 0 Å². The fourth-order valence-corrected chi connectivity index (χ4v) is 4.80. The summed E-state index contributed by atoms with van der Waals surface area (Å²) in [6, 6.07) is 10.4. The van der Waals surface area contributed by atoms with Gasteiger partial charge in [0.25, 0.3) is 0 Å². The van der Waals surface area contributed by atoms with Gasteiger partial charge in [0.15, 0.2) is 0 Å².